The monoisotopic (exact) mass is 398 g/mol. The molecule has 0 saturated carbocycles. The van der Waals surface area contributed by atoms with Gasteiger partial charge in [0.1, 0.15) is 5.75 Å². The fourth-order valence-electron chi connectivity index (χ4n) is 3.67. The van der Waals surface area contributed by atoms with Gasteiger partial charge < -0.3 is 10.1 Å². The third-order valence-corrected chi connectivity index (χ3v) is 4.67. The Morgan fingerprint density at radius 3 is 2.21 bits per heavy atom. The van der Waals surface area contributed by atoms with Crippen molar-refractivity contribution in [2.24, 2.45) is 5.41 Å². The number of nitrogens with zero attached hydrogens (tertiary/aromatic N) is 1. The van der Waals surface area contributed by atoms with E-state index in [1.165, 1.54) is 23.8 Å². The first-order valence-electron chi connectivity index (χ1n) is 9.66. The van der Waals surface area contributed by atoms with Crippen molar-refractivity contribution in [3.8, 4) is 5.75 Å². The summed E-state index contributed by atoms with van der Waals surface area (Å²) in [5.74, 6) is 0.301. The Labute approximate surface area is 172 Å². The second-order valence-electron chi connectivity index (χ2n) is 9.24. The fourth-order valence-corrected chi connectivity index (χ4v) is 3.67. The average Bonchev–Trinajstić information content (AvgIpc) is 2.60. The summed E-state index contributed by atoms with van der Waals surface area (Å²) < 4.78 is 5.59. The van der Waals surface area contributed by atoms with Crippen molar-refractivity contribution in [1.82, 2.24) is 0 Å². The molecular formula is C23H30N2O4. The van der Waals surface area contributed by atoms with Crippen molar-refractivity contribution in [3.05, 3.63) is 63.7 Å². The Morgan fingerprint density at radius 1 is 1.07 bits per heavy atom. The molecule has 29 heavy (non-hydrogen) atoms. The van der Waals surface area contributed by atoms with Crippen LogP contribution in [-0.2, 0) is 10.2 Å². The molecule has 0 bridgehead atoms. The van der Waals surface area contributed by atoms with E-state index < -0.39 is 4.92 Å². The first-order chi connectivity index (χ1) is 13.4. The quantitative estimate of drug-likeness (QED) is 0.484. The molecule has 0 aliphatic rings. The van der Waals surface area contributed by atoms with Crippen molar-refractivity contribution < 1.29 is 14.5 Å². The Hall–Kier alpha value is -2.89. The van der Waals surface area contributed by atoms with Crippen molar-refractivity contribution in [3.63, 3.8) is 0 Å². The minimum atomic E-state index is -0.464. The molecule has 156 valence electrons. The summed E-state index contributed by atoms with van der Waals surface area (Å²) in [5.41, 5.74) is 2.65. The van der Waals surface area contributed by atoms with Crippen LogP contribution in [0.15, 0.2) is 42.5 Å². The molecule has 2 aromatic carbocycles. The van der Waals surface area contributed by atoms with Crippen molar-refractivity contribution in [2.75, 3.05) is 11.9 Å². The van der Waals surface area contributed by atoms with Crippen LogP contribution in [0.2, 0.25) is 0 Å². The summed E-state index contributed by atoms with van der Waals surface area (Å²) in [5, 5.41) is 13.5. The van der Waals surface area contributed by atoms with Crippen molar-refractivity contribution >= 4 is 17.3 Å². The number of amides is 1. The van der Waals surface area contributed by atoms with E-state index in [-0.39, 0.29) is 29.0 Å². The van der Waals surface area contributed by atoms with Crippen LogP contribution in [0.5, 0.6) is 5.75 Å². The summed E-state index contributed by atoms with van der Waals surface area (Å²) >= 11 is 0. The van der Waals surface area contributed by atoms with E-state index in [1.54, 1.807) is 6.92 Å². The number of rotatable bonds is 7. The highest BCUT2D eigenvalue weighted by molar-refractivity contribution is 5.92. The van der Waals surface area contributed by atoms with Gasteiger partial charge in [-0.25, -0.2) is 0 Å². The third kappa shape index (κ3) is 6.59. The third-order valence-electron chi connectivity index (χ3n) is 4.67. The highest BCUT2D eigenvalue weighted by Gasteiger charge is 2.27. The van der Waals surface area contributed by atoms with Gasteiger partial charge in [0.05, 0.1) is 4.92 Å². The number of nitro benzene ring substituents is 1. The molecule has 6 nitrogen and oxygen atoms in total. The Balaban J connectivity index is 1.95. The van der Waals surface area contributed by atoms with Gasteiger partial charge in [0.25, 0.3) is 11.6 Å². The Bertz CT molecular complexity index is 881. The lowest BCUT2D eigenvalue weighted by molar-refractivity contribution is -0.384. The number of carbonyl (C=O) groups excluding carboxylic acids is 1. The Morgan fingerprint density at radius 2 is 1.69 bits per heavy atom. The number of carbonyl (C=O) groups is 1. The molecule has 0 heterocycles. The van der Waals surface area contributed by atoms with E-state index >= 15 is 0 Å². The first kappa shape index (κ1) is 22.4. The van der Waals surface area contributed by atoms with Crippen LogP contribution in [0.4, 0.5) is 11.4 Å². The Kier molecular flexibility index (Phi) is 6.67. The van der Waals surface area contributed by atoms with Gasteiger partial charge in [-0.1, -0.05) is 46.8 Å². The summed E-state index contributed by atoms with van der Waals surface area (Å²) in [6, 6.07) is 12.2. The van der Waals surface area contributed by atoms with Gasteiger partial charge in [-0.15, -0.1) is 0 Å². The van der Waals surface area contributed by atoms with Crippen LogP contribution in [0, 0.1) is 22.5 Å². The van der Waals surface area contributed by atoms with Gasteiger partial charge in [-0.3, -0.25) is 14.9 Å². The summed E-state index contributed by atoms with van der Waals surface area (Å²) in [6.07, 6.45) is 1.05. The van der Waals surface area contributed by atoms with Crippen LogP contribution in [0.3, 0.4) is 0 Å². The van der Waals surface area contributed by atoms with Crippen LogP contribution in [-0.4, -0.2) is 17.4 Å². The number of hydrogen-bond acceptors (Lipinski definition) is 4. The molecule has 0 spiro atoms. The maximum absolute atomic E-state index is 12.2. The fraction of sp³-hybridized carbons (Fsp3) is 0.435. The molecule has 0 aliphatic heterocycles. The van der Waals surface area contributed by atoms with Crippen LogP contribution < -0.4 is 10.1 Å². The smallest absolute Gasteiger partial charge is 0.269 e. The molecule has 0 unspecified atom stereocenters. The zero-order valence-electron chi connectivity index (χ0n) is 18.0. The molecule has 0 atom stereocenters. The van der Waals surface area contributed by atoms with Gasteiger partial charge in [0, 0.05) is 17.8 Å². The largest absolute Gasteiger partial charge is 0.484 e. The van der Waals surface area contributed by atoms with Crippen LogP contribution in [0.25, 0.3) is 0 Å². The predicted molar refractivity (Wildman–Crippen MR) is 115 cm³/mol. The van der Waals surface area contributed by atoms with Crippen molar-refractivity contribution in [2.45, 2.75) is 53.4 Å². The molecule has 0 aromatic heterocycles. The molecule has 6 heteroatoms. The molecule has 0 aliphatic carbocycles. The number of nitro groups is 1. The molecular weight excluding hydrogens is 368 g/mol. The van der Waals surface area contributed by atoms with E-state index in [0.29, 0.717) is 17.0 Å². The topological polar surface area (TPSA) is 81.5 Å². The number of benzene rings is 2. The molecule has 2 rings (SSSR count). The van der Waals surface area contributed by atoms with Gasteiger partial charge in [-0.05, 0) is 53.5 Å². The normalized spacial score (nSPS) is 11.8. The highest BCUT2D eigenvalue weighted by atomic mass is 16.6. The minimum absolute atomic E-state index is 0.00813. The van der Waals surface area contributed by atoms with Crippen LogP contribution >= 0.6 is 0 Å². The molecule has 2 aromatic rings. The molecule has 0 saturated heterocycles. The van der Waals surface area contributed by atoms with E-state index in [9.17, 15) is 14.9 Å². The minimum Gasteiger partial charge on any atom is -0.484 e. The number of nitrogens with one attached hydrogen (secondary N) is 1. The zero-order chi connectivity index (χ0) is 21.8. The second-order valence-corrected chi connectivity index (χ2v) is 9.24. The van der Waals surface area contributed by atoms with Gasteiger partial charge in [-0.2, -0.15) is 0 Å². The molecule has 1 N–H and O–H groups in total. The van der Waals surface area contributed by atoms with E-state index in [4.69, 9.17) is 4.74 Å². The van der Waals surface area contributed by atoms with E-state index in [1.807, 2.05) is 24.3 Å². The summed E-state index contributed by atoms with van der Waals surface area (Å²) in [7, 11) is 0. The second kappa shape index (κ2) is 8.64. The number of non-ortho nitro benzene ring substituents is 1. The maximum atomic E-state index is 12.2. The number of aryl methyl sites for hydroxylation is 1. The standard InChI is InChI=1S/C23H30N2O4/c1-16-13-18(25(27)28)9-12-20(16)24-21(26)14-29-19-10-7-17(8-11-19)23(5,6)15-22(2,3)4/h7-13H,14-15H2,1-6H3,(H,24,26). The maximum Gasteiger partial charge on any atom is 0.269 e. The van der Waals surface area contributed by atoms with Gasteiger partial charge in [0.2, 0.25) is 0 Å². The highest BCUT2D eigenvalue weighted by Crippen LogP contribution is 2.36. The lowest BCUT2D eigenvalue weighted by Crippen LogP contribution is -2.24. The van der Waals surface area contributed by atoms with Crippen molar-refractivity contribution in [1.29, 1.82) is 0 Å². The molecule has 0 radical (unpaired) electrons. The zero-order valence-corrected chi connectivity index (χ0v) is 18.0. The summed E-state index contributed by atoms with van der Waals surface area (Å²) in [4.78, 5) is 22.5. The SMILES string of the molecule is Cc1cc([N+](=O)[O-])ccc1NC(=O)COc1ccc(C(C)(C)CC(C)(C)C)cc1. The summed E-state index contributed by atoms with van der Waals surface area (Å²) in [6.45, 7) is 12.7. The lowest BCUT2D eigenvalue weighted by atomic mass is 9.72. The van der Waals surface area contributed by atoms with E-state index in [0.717, 1.165) is 6.42 Å². The van der Waals surface area contributed by atoms with Crippen LogP contribution in [0.1, 0.15) is 52.2 Å². The number of ether oxygens (including phenoxy) is 1. The first-order valence-corrected chi connectivity index (χ1v) is 9.66. The van der Waals surface area contributed by atoms with Gasteiger partial charge in [0.15, 0.2) is 6.61 Å². The number of anilines is 1. The molecule has 1 amide bonds. The lowest BCUT2D eigenvalue weighted by Gasteiger charge is -2.33. The number of hydrogen-bond donors (Lipinski definition) is 1. The predicted octanol–water partition coefficient (Wildman–Crippen LogP) is 5.63. The van der Waals surface area contributed by atoms with E-state index in [2.05, 4.69) is 39.9 Å². The molecule has 0 fully saturated rings. The van der Waals surface area contributed by atoms with Gasteiger partial charge >= 0.3 is 0 Å². The average molecular weight is 399 g/mol.